The average Bonchev–Trinajstić information content (AvgIpc) is 2.37. The van der Waals surface area contributed by atoms with Crippen molar-refractivity contribution >= 4 is 17.2 Å². The van der Waals surface area contributed by atoms with Gasteiger partial charge in [0.05, 0.1) is 5.01 Å². The first-order valence-corrected chi connectivity index (χ1v) is 4.90. The van der Waals surface area contributed by atoms with Crippen LogP contribution in [0.4, 0.5) is 5.82 Å². The molecule has 0 atom stereocenters. The molecule has 0 fully saturated rings. The minimum absolute atomic E-state index is 0.668. The molecule has 0 aliphatic carbocycles. The summed E-state index contributed by atoms with van der Waals surface area (Å²) in [6.45, 7) is 2.20. The largest absolute Gasteiger partial charge is 0.383 e. The molecule has 62 valence electrons. The van der Waals surface area contributed by atoms with Gasteiger partial charge in [-0.15, -0.1) is 11.3 Å². The molecule has 0 saturated heterocycles. The van der Waals surface area contributed by atoms with Crippen LogP contribution >= 0.6 is 11.3 Å². The summed E-state index contributed by atoms with van der Waals surface area (Å²) < 4.78 is 0. The van der Waals surface area contributed by atoms with Gasteiger partial charge >= 0.3 is 0 Å². The van der Waals surface area contributed by atoms with Gasteiger partial charge in [0.15, 0.2) is 0 Å². The van der Waals surface area contributed by atoms with Gasteiger partial charge in [0.1, 0.15) is 5.82 Å². The van der Waals surface area contributed by atoms with E-state index in [-0.39, 0.29) is 0 Å². The first-order chi connectivity index (χ1) is 5.33. The quantitative estimate of drug-likeness (QED) is 0.705. The van der Waals surface area contributed by atoms with E-state index in [2.05, 4.69) is 11.9 Å². The highest BCUT2D eigenvalue weighted by molar-refractivity contribution is 7.10. The van der Waals surface area contributed by atoms with E-state index in [1.54, 1.807) is 11.3 Å². The number of hydrogen-bond acceptors (Lipinski definition) is 3. The van der Waals surface area contributed by atoms with E-state index in [0.717, 1.165) is 6.42 Å². The highest BCUT2D eigenvalue weighted by Crippen LogP contribution is 2.13. The number of nitrogens with two attached hydrogens (primary N) is 1. The van der Waals surface area contributed by atoms with Crippen molar-refractivity contribution in [1.29, 1.82) is 0 Å². The number of aryl methyl sites for hydroxylation is 1. The standard InChI is InChI=1S/C8H14N2S/c1-2-3-4-5-8-10-7(9)6-11-8/h6H,2-5,9H2,1H3. The second kappa shape index (κ2) is 4.34. The maximum Gasteiger partial charge on any atom is 0.134 e. The fourth-order valence-electron chi connectivity index (χ4n) is 0.966. The van der Waals surface area contributed by atoms with Gasteiger partial charge < -0.3 is 5.73 Å². The van der Waals surface area contributed by atoms with Crippen molar-refractivity contribution < 1.29 is 0 Å². The van der Waals surface area contributed by atoms with Gasteiger partial charge in [-0.1, -0.05) is 19.8 Å². The van der Waals surface area contributed by atoms with Crippen LogP contribution < -0.4 is 5.73 Å². The SMILES string of the molecule is CCCCCc1nc(N)cs1. The Bertz CT molecular complexity index is 208. The summed E-state index contributed by atoms with van der Waals surface area (Å²) >= 11 is 1.66. The average molecular weight is 170 g/mol. The van der Waals surface area contributed by atoms with Gasteiger partial charge in [0, 0.05) is 5.38 Å². The minimum atomic E-state index is 0.668. The highest BCUT2D eigenvalue weighted by Gasteiger charge is 1.97. The van der Waals surface area contributed by atoms with Crippen LogP contribution in [0, 0.1) is 0 Å². The smallest absolute Gasteiger partial charge is 0.134 e. The predicted octanol–water partition coefficient (Wildman–Crippen LogP) is 2.46. The van der Waals surface area contributed by atoms with Gasteiger partial charge in [-0.05, 0) is 12.8 Å². The van der Waals surface area contributed by atoms with Crippen molar-refractivity contribution in [2.75, 3.05) is 5.73 Å². The molecule has 1 aromatic rings. The lowest BCUT2D eigenvalue weighted by molar-refractivity contribution is 0.715. The van der Waals surface area contributed by atoms with E-state index in [0.29, 0.717) is 5.82 Å². The Morgan fingerprint density at radius 1 is 1.55 bits per heavy atom. The highest BCUT2D eigenvalue weighted by atomic mass is 32.1. The van der Waals surface area contributed by atoms with E-state index in [4.69, 9.17) is 5.73 Å². The van der Waals surface area contributed by atoms with Crippen molar-refractivity contribution in [2.24, 2.45) is 0 Å². The number of hydrogen-bond donors (Lipinski definition) is 1. The molecule has 0 saturated carbocycles. The lowest BCUT2D eigenvalue weighted by Crippen LogP contribution is -1.87. The van der Waals surface area contributed by atoms with Gasteiger partial charge in [-0.25, -0.2) is 4.98 Å². The second-order valence-electron chi connectivity index (χ2n) is 2.62. The normalized spacial score (nSPS) is 10.3. The molecule has 0 aliphatic rings. The maximum atomic E-state index is 5.48. The first kappa shape index (κ1) is 8.53. The molecule has 11 heavy (non-hydrogen) atoms. The van der Waals surface area contributed by atoms with Crippen molar-refractivity contribution in [3.05, 3.63) is 10.4 Å². The summed E-state index contributed by atoms with van der Waals surface area (Å²) in [5.74, 6) is 0.668. The molecule has 0 radical (unpaired) electrons. The van der Waals surface area contributed by atoms with Crippen LogP contribution in [0.3, 0.4) is 0 Å². The Kier molecular flexibility index (Phi) is 3.36. The van der Waals surface area contributed by atoms with E-state index < -0.39 is 0 Å². The summed E-state index contributed by atoms with van der Waals surface area (Å²) in [4.78, 5) is 4.18. The van der Waals surface area contributed by atoms with E-state index >= 15 is 0 Å². The molecule has 0 spiro atoms. The Hall–Kier alpha value is -0.570. The molecule has 3 heteroatoms. The van der Waals surface area contributed by atoms with Gasteiger partial charge in [0.25, 0.3) is 0 Å². The summed E-state index contributed by atoms with van der Waals surface area (Å²) in [6, 6.07) is 0. The van der Waals surface area contributed by atoms with Crippen molar-refractivity contribution in [3.8, 4) is 0 Å². The zero-order valence-electron chi connectivity index (χ0n) is 6.84. The summed E-state index contributed by atoms with van der Waals surface area (Å²) in [5.41, 5.74) is 5.48. The van der Waals surface area contributed by atoms with Crippen LogP contribution in [0.1, 0.15) is 31.2 Å². The number of nitrogen functional groups attached to an aromatic ring is 1. The van der Waals surface area contributed by atoms with E-state index in [9.17, 15) is 0 Å². The number of unbranched alkanes of at least 4 members (excludes halogenated alkanes) is 2. The maximum absolute atomic E-state index is 5.48. The fraction of sp³-hybridized carbons (Fsp3) is 0.625. The van der Waals surface area contributed by atoms with Gasteiger partial charge in [-0.3, -0.25) is 0 Å². The molecule has 2 nitrogen and oxygen atoms in total. The third-order valence-corrected chi connectivity index (χ3v) is 2.49. The Morgan fingerprint density at radius 3 is 2.91 bits per heavy atom. The zero-order valence-corrected chi connectivity index (χ0v) is 7.66. The Morgan fingerprint density at radius 2 is 2.36 bits per heavy atom. The van der Waals surface area contributed by atoms with Crippen molar-refractivity contribution in [2.45, 2.75) is 32.6 Å². The molecule has 1 aromatic heterocycles. The van der Waals surface area contributed by atoms with Crippen LogP contribution in [-0.4, -0.2) is 4.98 Å². The molecule has 0 aliphatic heterocycles. The summed E-state index contributed by atoms with van der Waals surface area (Å²) in [5, 5.41) is 3.08. The van der Waals surface area contributed by atoms with Gasteiger partial charge in [0.2, 0.25) is 0 Å². The van der Waals surface area contributed by atoms with E-state index in [1.807, 2.05) is 5.38 Å². The topological polar surface area (TPSA) is 38.9 Å². The zero-order chi connectivity index (χ0) is 8.10. The molecule has 0 aromatic carbocycles. The lowest BCUT2D eigenvalue weighted by atomic mass is 10.2. The summed E-state index contributed by atoms with van der Waals surface area (Å²) in [7, 11) is 0. The second-order valence-corrected chi connectivity index (χ2v) is 3.57. The molecular formula is C8H14N2S. The van der Waals surface area contributed by atoms with Crippen molar-refractivity contribution in [3.63, 3.8) is 0 Å². The molecule has 0 bridgehead atoms. The number of anilines is 1. The third kappa shape index (κ3) is 2.89. The fourth-order valence-corrected chi connectivity index (χ4v) is 1.70. The molecule has 0 amide bonds. The molecule has 0 unspecified atom stereocenters. The molecular weight excluding hydrogens is 156 g/mol. The number of rotatable bonds is 4. The van der Waals surface area contributed by atoms with Crippen LogP contribution in [-0.2, 0) is 6.42 Å². The number of thiazole rings is 1. The molecule has 1 rings (SSSR count). The summed E-state index contributed by atoms with van der Waals surface area (Å²) in [6.07, 6.45) is 4.89. The van der Waals surface area contributed by atoms with Gasteiger partial charge in [-0.2, -0.15) is 0 Å². The van der Waals surface area contributed by atoms with Crippen LogP contribution in [0.25, 0.3) is 0 Å². The monoisotopic (exact) mass is 170 g/mol. The predicted molar refractivity (Wildman–Crippen MR) is 49.8 cm³/mol. The van der Waals surface area contributed by atoms with Crippen LogP contribution in [0.15, 0.2) is 5.38 Å². The third-order valence-electron chi connectivity index (χ3n) is 1.56. The molecule has 2 N–H and O–H groups in total. The first-order valence-electron chi connectivity index (χ1n) is 4.03. The Balaban J connectivity index is 2.27. The Labute approximate surface area is 71.5 Å². The van der Waals surface area contributed by atoms with E-state index in [1.165, 1.54) is 24.3 Å². The lowest BCUT2D eigenvalue weighted by Gasteiger charge is -1.92. The minimum Gasteiger partial charge on any atom is -0.383 e. The molecule has 1 heterocycles. The van der Waals surface area contributed by atoms with Crippen LogP contribution in [0.2, 0.25) is 0 Å². The number of aromatic nitrogens is 1. The van der Waals surface area contributed by atoms with Crippen molar-refractivity contribution in [1.82, 2.24) is 4.98 Å². The van der Waals surface area contributed by atoms with Crippen LogP contribution in [0.5, 0.6) is 0 Å². The number of nitrogens with zero attached hydrogens (tertiary/aromatic N) is 1.